The van der Waals surface area contributed by atoms with Crippen LogP contribution in [0, 0.1) is 5.92 Å². The van der Waals surface area contributed by atoms with Gasteiger partial charge in [0.2, 0.25) is 5.88 Å². The Morgan fingerprint density at radius 2 is 2.29 bits per heavy atom. The van der Waals surface area contributed by atoms with Crippen LogP contribution in [0.5, 0.6) is 5.88 Å². The zero-order valence-corrected chi connectivity index (χ0v) is 8.86. The quantitative estimate of drug-likeness (QED) is 0.783. The monoisotopic (exact) mass is 194 g/mol. The molecule has 0 radical (unpaired) electrons. The fraction of sp³-hybridized carbons (Fsp3) is 0.545. The molecule has 0 amide bonds. The van der Waals surface area contributed by atoms with E-state index in [4.69, 9.17) is 10.5 Å². The van der Waals surface area contributed by atoms with Crippen molar-refractivity contribution < 1.29 is 4.74 Å². The van der Waals surface area contributed by atoms with E-state index in [-0.39, 0.29) is 0 Å². The molecule has 3 heteroatoms. The Morgan fingerprint density at radius 1 is 1.50 bits per heavy atom. The topological polar surface area (TPSA) is 48.1 Å². The molecule has 1 atom stereocenters. The van der Waals surface area contributed by atoms with Gasteiger partial charge in [-0.3, -0.25) is 0 Å². The Balaban J connectivity index is 2.37. The maximum absolute atomic E-state index is 5.53. The number of rotatable bonds is 5. The van der Waals surface area contributed by atoms with Crippen LogP contribution in [0.4, 0.5) is 5.82 Å². The molecule has 0 spiro atoms. The van der Waals surface area contributed by atoms with E-state index >= 15 is 0 Å². The summed E-state index contributed by atoms with van der Waals surface area (Å²) in [6.45, 7) is 5.06. The van der Waals surface area contributed by atoms with E-state index in [1.165, 1.54) is 12.8 Å². The molecule has 3 nitrogen and oxygen atoms in total. The molecule has 0 saturated heterocycles. The SMILES string of the molecule is CCCC(C)COc1cccc(N)n1. The summed E-state index contributed by atoms with van der Waals surface area (Å²) in [6.07, 6.45) is 2.37. The fourth-order valence-corrected chi connectivity index (χ4v) is 1.31. The molecule has 0 bridgehead atoms. The largest absolute Gasteiger partial charge is 0.477 e. The zero-order valence-electron chi connectivity index (χ0n) is 8.86. The smallest absolute Gasteiger partial charge is 0.215 e. The van der Waals surface area contributed by atoms with Crippen LogP contribution < -0.4 is 10.5 Å². The van der Waals surface area contributed by atoms with Gasteiger partial charge < -0.3 is 10.5 Å². The van der Waals surface area contributed by atoms with E-state index in [1.807, 2.05) is 12.1 Å². The molecule has 0 fully saturated rings. The Morgan fingerprint density at radius 3 is 2.93 bits per heavy atom. The zero-order chi connectivity index (χ0) is 10.4. The first kappa shape index (κ1) is 10.8. The maximum atomic E-state index is 5.53. The molecule has 1 unspecified atom stereocenters. The van der Waals surface area contributed by atoms with Crippen molar-refractivity contribution in [2.45, 2.75) is 26.7 Å². The number of hydrogen-bond donors (Lipinski definition) is 1. The number of anilines is 1. The van der Waals surface area contributed by atoms with E-state index in [0.29, 0.717) is 24.2 Å². The van der Waals surface area contributed by atoms with E-state index in [9.17, 15) is 0 Å². The highest BCUT2D eigenvalue weighted by atomic mass is 16.5. The predicted molar refractivity (Wildman–Crippen MR) is 58.2 cm³/mol. The van der Waals surface area contributed by atoms with Gasteiger partial charge in [-0.1, -0.05) is 26.3 Å². The fourth-order valence-electron chi connectivity index (χ4n) is 1.31. The third-order valence-electron chi connectivity index (χ3n) is 2.04. The summed E-state index contributed by atoms with van der Waals surface area (Å²) in [5.74, 6) is 1.70. The molecule has 78 valence electrons. The Hall–Kier alpha value is -1.25. The molecule has 1 aromatic rings. The van der Waals surface area contributed by atoms with Crippen molar-refractivity contribution >= 4 is 5.82 Å². The summed E-state index contributed by atoms with van der Waals surface area (Å²) >= 11 is 0. The second-order valence-electron chi connectivity index (χ2n) is 3.61. The number of nitrogens with zero attached hydrogens (tertiary/aromatic N) is 1. The molecule has 0 aliphatic rings. The molecular formula is C11H18N2O. The first-order valence-corrected chi connectivity index (χ1v) is 5.07. The number of ether oxygens (including phenoxy) is 1. The first-order chi connectivity index (χ1) is 6.72. The summed E-state index contributed by atoms with van der Waals surface area (Å²) in [7, 11) is 0. The van der Waals surface area contributed by atoms with Gasteiger partial charge in [0.1, 0.15) is 5.82 Å². The van der Waals surface area contributed by atoms with Crippen molar-refractivity contribution in [2.24, 2.45) is 5.92 Å². The highest BCUT2D eigenvalue weighted by Crippen LogP contribution is 2.11. The Labute approximate surface area is 85.3 Å². The van der Waals surface area contributed by atoms with Crippen molar-refractivity contribution in [1.29, 1.82) is 0 Å². The van der Waals surface area contributed by atoms with Crippen molar-refractivity contribution in [3.05, 3.63) is 18.2 Å². The van der Waals surface area contributed by atoms with E-state index in [0.717, 1.165) is 0 Å². The first-order valence-electron chi connectivity index (χ1n) is 5.07. The average molecular weight is 194 g/mol. The Kier molecular flexibility index (Phi) is 4.23. The Bertz CT molecular complexity index is 276. The van der Waals surface area contributed by atoms with Gasteiger partial charge in [-0.05, 0) is 18.4 Å². The molecule has 0 aromatic carbocycles. The number of nitrogens with two attached hydrogens (primary N) is 1. The number of nitrogen functional groups attached to an aromatic ring is 1. The molecule has 14 heavy (non-hydrogen) atoms. The molecule has 2 N–H and O–H groups in total. The van der Waals surface area contributed by atoms with Gasteiger partial charge in [0.05, 0.1) is 6.61 Å². The second kappa shape index (κ2) is 5.47. The molecule has 0 saturated carbocycles. The van der Waals surface area contributed by atoms with E-state index in [1.54, 1.807) is 6.07 Å². The van der Waals surface area contributed by atoms with Crippen LogP contribution in [-0.4, -0.2) is 11.6 Å². The molecule has 1 rings (SSSR count). The molecule has 0 aliphatic heterocycles. The third-order valence-corrected chi connectivity index (χ3v) is 2.04. The normalized spacial score (nSPS) is 12.4. The maximum Gasteiger partial charge on any atom is 0.215 e. The molecule has 1 heterocycles. The van der Waals surface area contributed by atoms with E-state index < -0.39 is 0 Å². The minimum absolute atomic E-state index is 0.505. The van der Waals surface area contributed by atoms with Gasteiger partial charge >= 0.3 is 0 Å². The van der Waals surface area contributed by atoms with Gasteiger partial charge in [-0.15, -0.1) is 0 Å². The molecule has 0 aliphatic carbocycles. The van der Waals surface area contributed by atoms with Crippen molar-refractivity contribution in [3.63, 3.8) is 0 Å². The summed E-state index contributed by atoms with van der Waals surface area (Å²) < 4.78 is 5.51. The van der Waals surface area contributed by atoms with Gasteiger partial charge in [0.15, 0.2) is 0 Å². The summed E-state index contributed by atoms with van der Waals surface area (Å²) in [5, 5.41) is 0. The lowest BCUT2D eigenvalue weighted by molar-refractivity contribution is 0.243. The number of hydrogen-bond acceptors (Lipinski definition) is 3. The lowest BCUT2D eigenvalue weighted by Gasteiger charge is -2.11. The average Bonchev–Trinajstić information content (AvgIpc) is 2.15. The van der Waals surface area contributed by atoms with Crippen molar-refractivity contribution in [2.75, 3.05) is 12.3 Å². The number of aromatic nitrogens is 1. The van der Waals surface area contributed by atoms with Gasteiger partial charge in [-0.2, -0.15) is 4.98 Å². The van der Waals surface area contributed by atoms with E-state index in [2.05, 4.69) is 18.8 Å². The van der Waals surface area contributed by atoms with Gasteiger partial charge in [-0.25, -0.2) is 0 Å². The van der Waals surface area contributed by atoms with Crippen molar-refractivity contribution in [3.8, 4) is 5.88 Å². The lowest BCUT2D eigenvalue weighted by atomic mass is 10.1. The molecule has 1 aromatic heterocycles. The summed E-state index contributed by atoms with van der Waals surface area (Å²) in [6, 6.07) is 5.43. The summed E-state index contributed by atoms with van der Waals surface area (Å²) in [4.78, 5) is 4.06. The predicted octanol–water partition coefficient (Wildman–Crippen LogP) is 2.48. The van der Waals surface area contributed by atoms with Crippen LogP contribution in [0.3, 0.4) is 0 Å². The minimum atomic E-state index is 0.505. The van der Waals surface area contributed by atoms with Crippen LogP contribution in [0.2, 0.25) is 0 Å². The van der Waals surface area contributed by atoms with Gasteiger partial charge in [0, 0.05) is 6.07 Å². The van der Waals surface area contributed by atoms with Crippen LogP contribution >= 0.6 is 0 Å². The minimum Gasteiger partial charge on any atom is -0.477 e. The van der Waals surface area contributed by atoms with Crippen LogP contribution in [0.25, 0.3) is 0 Å². The number of pyridine rings is 1. The highest BCUT2D eigenvalue weighted by molar-refractivity contribution is 5.30. The molecular weight excluding hydrogens is 176 g/mol. The standard InChI is InChI=1S/C11H18N2O/c1-3-5-9(2)8-14-11-7-4-6-10(12)13-11/h4,6-7,9H,3,5,8H2,1-2H3,(H2,12,13). The van der Waals surface area contributed by atoms with Crippen molar-refractivity contribution in [1.82, 2.24) is 4.98 Å². The summed E-state index contributed by atoms with van der Waals surface area (Å²) in [5.41, 5.74) is 5.53. The van der Waals surface area contributed by atoms with Crippen LogP contribution in [0.15, 0.2) is 18.2 Å². The van der Waals surface area contributed by atoms with Crippen LogP contribution in [0.1, 0.15) is 26.7 Å². The third kappa shape index (κ3) is 3.64. The highest BCUT2D eigenvalue weighted by Gasteiger charge is 2.02. The van der Waals surface area contributed by atoms with Crippen LogP contribution in [-0.2, 0) is 0 Å². The second-order valence-corrected chi connectivity index (χ2v) is 3.61. The van der Waals surface area contributed by atoms with Gasteiger partial charge in [0.25, 0.3) is 0 Å². The lowest BCUT2D eigenvalue weighted by Crippen LogP contribution is -2.09.